The van der Waals surface area contributed by atoms with Crippen LogP contribution in [0.2, 0.25) is 0 Å². The fraction of sp³-hybridized carbons (Fsp3) is 0.900. The van der Waals surface area contributed by atoms with Crippen molar-refractivity contribution in [3.63, 3.8) is 0 Å². The van der Waals surface area contributed by atoms with Gasteiger partial charge < -0.3 is 9.64 Å². The zero-order chi connectivity index (χ0) is 12.9. The van der Waals surface area contributed by atoms with E-state index in [0.29, 0.717) is 32.7 Å². The Labute approximate surface area is 107 Å². The molecule has 0 aliphatic carbocycles. The summed E-state index contributed by atoms with van der Waals surface area (Å²) in [6.45, 7) is 3.58. The molecule has 1 heterocycles. The van der Waals surface area contributed by atoms with Gasteiger partial charge in [-0.25, -0.2) is 8.42 Å². The van der Waals surface area contributed by atoms with E-state index < -0.39 is 20.5 Å². The molecule has 1 atom stereocenters. The van der Waals surface area contributed by atoms with Crippen molar-refractivity contribution in [1.82, 2.24) is 4.90 Å². The van der Waals surface area contributed by atoms with E-state index in [2.05, 4.69) is 0 Å². The molecule has 1 rings (SSSR count). The molecule has 0 aromatic carbocycles. The van der Waals surface area contributed by atoms with E-state index in [1.165, 1.54) is 4.90 Å². The molecule has 1 fully saturated rings. The number of unbranched alkanes of at least 4 members (excludes halogenated alkanes) is 1. The van der Waals surface area contributed by atoms with Crippen molar-refractivity contribution in [2.75, 3.05) is 32.1 Å². The van der Waals surface area contributed by atoms with Gasteiger partial charge in [0.05, 0.1) is 19.0 Å². The van der Waals surface area contributed by atoms with Crippen LogP contribution in [0, 0.1) is 0 Å². The first kappa shape index (κ1) is 14.7. The summed E-state index contributed by atoms with van der Waals surface area (Å²) in [5.74, 6) is -0.556. The van der Waals surface area contributed by atoms with Gasteiger partial charge in [-0.2, -0.15) is 0 Å². The number of carbonyl (C=O) groups is 1. The van der Waals surface area contributed by atoms with Crippen LogP contribution in [0.3, 0.4) is 0 Å². The Morgan fingerprint density at radius 2 is 2.00 bits per heavy atom. The summed E-state index contributed by atoms with van der Waals surface area (Å²) in [4.78, 5) is 13.3. The summed E-state index contributed by atoms with van der Waals surface area (Å²) in [5, 5.41) is 0. The number of ether oxygens (including phenoxy) is 1. The van der Waals surface area contributed by atoms with Gasteiger partial charge in [-0.3, -0.25) is 4.79 Å². The van der Waals surface area contributed by atoms with Crippen molar-refractivity contribution >= 4 is 27.3 Å². The monoisotopic (exact) mass is 283 g/mol. The van der Waals surface area contributed by atoms with Gasteiger partial charge in [0.1, 0.15) is 0 Å². The third kappa shape index (κ3) is 4.12. The van der Waals surface area contributed by atoms with E-state index in [1.807, 2.05) is 6.92 Å². The molecule has 1 aliphatic rings. The zero-order valence-corrected chi connectivity index (χ0v) is 11.5. The first-order valence-electron chi connectivity index (χ1n) is 5.71. The number of rotatable bonds is 5. The van der Waals surface area contributed by atoms with E-state index in [9.17, 15) is 13.2 Å². The molecular weight excluding hydrogens is 266 g/mol. The molecule has 7 heteroatoms. The topological polar surface area (TPSA) is 63.7 Å². The molecule has 1 aliphatic heterocycles. The van der Waals surface area contributed by atoms with Gasteiger partial charge in [0.15, 0.2) is 9.84 Å². The minimum atomic E-state index is -3.54. The van der Waals surface area contributed by atoms with Crippen LogP contribution in [0.4, 0.5) is 0 Å². The van der Waals surface area contributed by atoms with Gasteiger partial charge >= 0.3 is 0 Å². The minimum absolute atomic E-state index is 0.0340. The summed E-state index contributed by atoms with van der Waals surface area (Å²) in [6.07, 6.45) is 1.29. The van der Waals surface area contributed by atoms with Gasteiger partial charge in [0, 0.05) is 13.1 Å². The zero-order valence-electron chi connectivity index (χ0n) is 9.89. The number of alkyl halides is 1. The fourth-order valence-corrected chi connectivity index (χ4v) is 3.29. The molecule has 1 unspecified atom stereocenters. The van der Waals surface area contributed by atoms with Crippen LogP contribution in [-0.2, 0) is 19.4 Å². The Morgan fingerprint density at radius 3 is 2.53 bits per heavy atom. The first-order valence-corrected chi connectivity index (χ1v) is 7.86. The smallest absolute Gasteiger partial charge is 0.256 e. The highest BCUT2D eigenvalue weighted by Crippen LogP contribution is 2.14. The molecule has 0 spiro atoms. The number of amides is 1. The second kappa shape index (κ2) is 6.56. The van der Waals surface area contributed by atoms with Crippen LogP contribution in [0.15, 0.2) is 0 Å². The predicted molar refractivity (Wildman–Crippen MR) is 65.7 cm³/mol. The normalized spacial score (nSPS) is 19.1. The molecule has 0 N–H and O–H groups in total. The highest BCUT2D eigenvalue weighted by atomic mass is 35.5. The number of halogens is 1. The number of hydrogen-bond donors (Lipinski definition) is 0. The molecule has 5 nitrogen and oxygen atoms in total. The van der Waals surface area contributed by atoms with Crippen LogP contribution in [0.1, 0.15) is 19.8 Å². The van der Waals surface area contributed by atoms with Crippen LogP contribution < -0.4 is 0 Å². The maximum atomic E-state index is 11.9. The van der Waals surface area contributed by atoms with Gasteiger partial charge in [-0.15, -0.1) is 0 Å². The number of nitrogens with zero attached hydrogens (tertiary/aromatic N) is 1. The third-order valence-corrected chi connectivity index (χ3v) is 5.31. The van der Waals surface area contributed by atoms with Crippen molar-refractivity contribution < 1.29 is 17.9 Å². The standard InChI is InChI=1S/C10H18ClNO4S/c1-2-3-8-17(14,15)9(11)10(13)12-4-6-16-7-5-12/h9H,2-8H2,1H3. The molecule has 1 saturated heterocycles. The lowest BCUT2D eigenvalue weighted by atomic mass is 10.4. The lowest BCUT2D eigenvalue weighted by Gasteiger charge is -2.28. The lowest BCUT2D eigenvalue weighted by molar-refractivity contribution is -0.133. The Hall–Kier alpha value is -0.330. The number of sulfone groups is 1. The maximum absolute atomic E-state index is 11.9. The Bertz CT molecular complexity index is 351. The Kier molecular flexibility index (Phi) is 5.69. The summed E-state index contributed by atoms with van der Waals surface area (Å²) >= 11 is 5.77. The van der Waals surface area contributed by atoms with E-state index in [-0.39, 0.29) is 5.75 Å². The number of morpholine rings is 1. The van der Waals surface area contributed by atoms with Crippen LogP contribution >= 0.6 is 11.6 Å². The average Bonchev–Trinajstić information content (AvgIpc) is 2.35. The third-order valence-electron chi connectivity index (χ3n) is 2.61. The number of carbonyl (C=O) groups excluding carboxylic acids is 1. The quantitative estimate of drug-likeness (QED) is 0.694. The van der Waals surface area contributed by atoms with Crippen molar-refractivity contribution in [2.45, 2.75) is 24.5 Å². The van der Waals surface area contributed by atoms with Gasteiger partial charge in [-0.1, -0.05) is 24.9 Å². The predicted octanol–water partition coefficient (Wildman–Crippen LogP) is 0.625. The van der Waals surface area contributed by atoms with Gasteiger partial charge in [-0.05, 0) is 6.42 Å². The molecule has 0 bridgehead atoms. The van der Waals surface area contributed by atoms with Gasteiger partial charge in [0.25, 0.3) is 5.91 Å². The summed E-state index contributed by atoms with van der Waals surface area (Å²) in [5.41, 5.74) is 0. The van der Waals surface area contributed by atoms with E-state index in [4.69, 9.17) is 16.3 Å². The SMILES string of the molecule is CCCCS(=O)(=O)C(Cl)C(=O)N1CCOCC1. The molecule has 0 radical (unpaired) electrons. The van der Waals surface area contributed by atoms with E-state index >= 15 is 0 Å². The lowest BCUT2D eigenvalue weighted by Crippen LogP contribution is -2.46. The molecule has 100 valence electrons. The van der Waals surface area contributed by atoms with Crippen molar-refractivity contribution in [3.8, 4) is 0 Å². The molecule has 1 amide bonds. The fourth-order valence-electron chi connectivity index (χ4n) is 1.53. The van der Waals surface area contributed by atoms with Crippen molar-refractivity contribution in [2.24, 2.45) is 0 Å². The van der Waals surface area contributed by atoms with Crippen LogP contribution in [0.5, 0.6) is 0 Å². The second-order valence-corrected chi connectivity index (χ2v) is 6.87. The highest BCUT2D eigenvalue weighted by molar-refractivity contribution is 7.94. The molecule has 0 aromatic heterocycles. The number of hydrogen-bond acceptors (Lipinski definition) is 4. The largest absolute Gasteiger partial charge is 0.378 e. The molecule has 17 heavy (non-hydrogen) atoms. The summed E-state index contributed by atoms with van der Waals surface area (Å²) < 4.78 is 27.2. The maximum Gasteiger partial charge on any atom is 0.256 e. The molecular formula is C10H18ClNO4S. The highest BCUT2D eigenvalue weighted by Gasteiger charge is 2.33. The average molecular weight is 284 g/mol. The molecule has 0 aromatic rings. The van der Waals surface area contributed by atoms with Crippen molar-refractivity contribution in [3.05, 3.63) is 0 Å². The van der Waals surface area contributed by atoms with Crippen LogP contribution in [-0.4, -0.2) is 56.0 Å². The Morgan fingerprint density at radius 1 is 1.41 bits per heavy atom. The second-order valence-electron chi connectivity index (χ2n) is 3.97. The minimum Gasteiger partial charge on any atom is -0.378 e. The Balaban J connectivity index is 2.61. The van der Waals surface area contributed by atoms with Crippen LogP contribution in [0.25, 0.3) is 0 Å². The van der Waals surface area contributed by atoms with Crippen molar-refractivity contribution in [1.29, 1.82) is 0 Å². The first-order chi connectivity index (χ1) is 7.99. The van der Waals surface area contributed by atoms with Gasteiger partial charge in [0.2, 0.25) is 4.71 Å². The molecule has 0 saturated carbocycles. The summed E-state index contributed by atoms with van der Waals surface area (Å²) in [6, 6.07) is 0. The summed E-state index contributed by atoms with van der Waals surface area (Å²) in [7, 11) is -3.54. The van der Waals surface area contributed by atoms with E-state index in [1.54, 1.807) is 0 Å². The van der Waals surface area contributed by atoms with E-state index in [0.717, 1.165) is 6.42 Å².